The first kappa shape index (κ1) is 22.1. The number of aromatic nitrogens is 1. The van der Waals surface area contributed by atoms with Gasteiger partial charge in [0.2, 0.25) is 0 Å². The SMILES string of the molecule is C[NH+](C)Cc1ccccc1-c1ccc2n(c1=O)C[C@H]1C[C@@H]2CN(C(=O)c2ccc(C#N)cc2)C1. The van der Waals surface area contributed by atoms with Gasteiger partial charge in [0.25, 0.3) is 11.5 Å². The summed E-state index contributed by atoms with van der Waals surface area (Å²) in [5.41, 5.74) is 5.19. The quantitative estimate of drug-likeness (QED) is 0.659. The number of rotatable bonds is 4. The van der Waals surface area contributed by atoms with Crippen molar-refractivity contribution in [3.05, 3.63) is 93.4 Å². The van der Waals surface area contributed by atoms with E-state index in [1.54, 1.807) is 24.3 Å². The summed E-state index contributed by atoms with van der Waals surface area (Å²) >= 11 is 0. The van der Waals surface area contributed by atoms with Gasteiger partial charge >= 0.3 is 0 Å². The highest BCUT2D eigenvalue weighted by Crippen LogP contribution is 2.36. The number of piperidine rings is 1. The Morgan fingerprint density at radius 3 is 2.50 bits per heavy atom. The number of amides is 1. The van der Waals surface area contributed by atoms with Gasteiger partial charge in [-0.2, -0.15) is 5.26 Å². The van der Waals surface area contributed by atoms with E-state index in [0.29, 0.717) is 30.8 Å². The molecular weight excluding hydrogens is 424 g/mol. The topological polar surface area (TPSA) is 70.5 Å². The molecule has 0 aliphatic carbocycles. The minimum absolute atomic E-state index is 0.00767. The summed E-state index contributed by atoms with van der Waals surface area (Å²) in [5.74, 6) is 0.396. The van der Waals surface area contributed by atoms with E-state index in [1.165, 1.54) is 10.5 Å². The molecule has 0 spiro atoms. The fourth-order valence-electron chi connectivity index (χ4n) is 5.50. The predicted molar refractivity (Wildman–Crippen MR) is 131 cm³/mol. The number of nitriles is 1. The average Bonchev–Trinajstić information content (AvgIpc) is 2.84. The second-order valence-electron chi connectivity index (χ2n) is 9.83. The molecule has 2 aliphatic heterocycles. The van der Waals surface area contributed by atoms with E-state index in [1.807, 2.05) is 33.7 Å². The highest BCUT2D eigenvalue weighted by molar-refractivity contribution is 5.94. The van der Waals surface area contributed by atoms with Gasteiger partial charge in [-0.25, -0.2) is 0 Å². The molecule has 2 atom stereocenters. The number of benzene rings is 2. The number of carbonyl (C=O) groups excluding carboxylic acids is 1. The van der Waals surface area contributed by atoms with E-state index < -0.39 is 0 Å². The highest BCUT2D eigenvalue weighted by atomic mass is 16.2. The third-order valence-corrected chi connectivity index (χ3v) is 7.00. The maximum Gasteiger partial charge on any atom is 0.258 e. The van der Waals surface area contributed by atoms with Crippen molar-refractivity contribution in [2.24, 2.45) is 5.92 Å². The van der Waals surface area contributed by atoms with Gasteiger partial charge in [0.15, 0.2) is 0 Å². The van der Waals surface area contributed by atoms with Gasteiger partial charge < -0.3 is 14.4 Å². The van der Waals surface area contributed by atoms with Crippen LogP contribution in [0.2, 0.25) is 0 Å². The third-order valence-electron chi connectivity index (χ3n) is 7.00. The summed E-state index contributed by atoms with van der Waals surface area (Å²) in [6, 6.07) is 21.1. The van der Waals surface area contributed by atoms with E-state index >= 15 is 0 Å². The van der Waals surface area contributed by atoms with Gasteiger partial charge in [-0.1, -0.05) is 24.3 Å². The van der Waals surface area contributed by atoms with Crippen LogP contribution < -0.4 is 10.5 Å². The average molecular weight is 454 g/mol. The molecule has 3 heterocycles. The molecule has 5 rings (SSSR count). The summed E-state index contributed by atoms with van der Waals surface area (Å²) in [6.45, 7) is 2.74. The normalized spacial score (nSPS) is 18.9. The van der Waals surface area contributed by atoms with Crippen molar-refractivity contribution in [2.45, 2.75) is 25.4 Å². The van der Waals surface area contributed by atoms with Crippen LogP contribution in [0.25, 0.3) is 11.1 Å². The molecule has 6 nitrogen and oxygen atoms in total. The number of pyridine rings is 1. The number of quaternary nitrogens is 1. The number of hydrogen-bond donors (Lipinski definition) is 1. The Balaban J connectivity index is 1.44. The first-order valence-corrected chi connectivity index (χ1v) is 11.8. The van der Waals surface area contributed by atoms with Crippen LogP contribution in [0.5, 0.6) is 0 Å². The van der Waals surface area contributed by atoms with Gasteiger partial charge in [0.1, 0.15) is 6.54 Å². The van der Waals surface area contributed by atoms with Gasteiger partial charge in [0.05, 0.1) is 25.7 Å². The smallest absolute Gasteiger partial charge is 0.258 e. The Bertz CT molecular complexity index is 1330. The Hall–Kier alpha value is -3.69. The molecule has 2 aliphatic rings. The monoisotopic (exact) mass is 453 g/mol. The van der Waals surface area contributed by atoms with Gasteiger partial charge in [-0.15, -0.1) is 0 Å². The number of nitrogens with one attached hydrogen (secondary N) is 1. The number of hydrogen-bond acceptors (Lipinski definition) is 3. The lowest BCUT2D eigenvalue weighted by Gasteiger charge is -2.43. The minimum Gasteiger partial charge on any atom is -0.338 e. The first-order chi connectivity index (χ1) is 16.4. The lowest BCUT2D eigenvalue weighted by atomic mass is 9.82. The van der Waals surface area contributed by atoms with Crippen molar-refractivity contribution in [2.75, 3.05) is 27.2 Å². The highest BCUT2D eigenvalue weighted by Gasteiger charge is 2.37. The van der Waals surface area contributed by atoms with E-state index in [0.717, 1.165) is 29.8 Å². The standard InChI is InChI=1S/C28H28N4O2/c1-30(2)17-22-5-3-4-6-24(22)25-11-12-26-23-13-20(16-32(26)28(25)34)15-31(18-23)27(33)21-9-7-19(14-29)8-10-21/h3-12,20,23H,13,15-18H2,1-2H3/p+1/t20-,23+/m0/s1. The van der Waals surface area contributed by atoms with Gasteiger partial charge in [-0.05, 0) is 54.3 Å². The van der Waals surface area contributed by atoms with Crippen LogP contribution in [0, 0.1) is 17.2 Å². The molecule has 34 heavy (non-hydrogen) atoms. The molecule has 0 unspecified atom stereocenters. The molecule has 1 N–H and O–H groups in total. The number of fused-ring (bicyclic) bond motifs is 4. The molecule has 0 radical (unpaired) electrons. The van der Waals surface area contributed by atoms with Crippen molar-refractivity contribution in [3.8, 4) is 17.2 Å². The minimum atomic E-state index is -0.00767. The van der Waals surface area contributed by atoms with Crippen LogP contribution in [0.4, 0.5) is 0 Å². The summed E-state index contributed by atoms with van der Waals surface area (Å²) in [5, 5.41) is 9.01. The zero-order valence-electron chi connectivity index (χ0n) is 19.6. The number of carbonyl (C=O) groups is 1. The van der Waals surface area contributed by atoms with E-state index in [2.05, 4.69) is 32.3 Å². The van der Waals surface area contributed by atoms with Gasteiger partial charge in [-0.3, -0.25) is 9.59 Å². The predicted octanol–water partition coefficient (Wildman–Crippen LogP) is 2.29. The van der Waals surface area contributed by atoms with E-state index in [4.69, 9.17) is 5.26 Å². The Kier molecular flexibility index (Phi) is 5.80. The maximum atomic E-state index is 13.6. The Morgan fingerprint density at radius 2 is 1.76 bits per heavy atom. The summed E-state index contributed by atoms with van der Waals surface area (Å²) in [7, 11) is 4.23. The van der Waals surface area contributed by atoms with Crippen molar-refractivity contribution < 1.29 is 9.69 Å². The fourth-order valence-corrected chi connectivity index (χ4v) is 5.50. The third kappa shape index (κ3) is 4.04. The fraction of sp³-hybridized carbons (Fsp3) is 0.321. The van der Waals surface area contributed by atoms with Crippen LogP contribution in [-0.2, 0) is 13.1 Å². The summed E-state index contributed by atoms with van der Waals surface area (Å²) < 4.78 is 1.96. The van der Waals surface area contributed by atoms with Crippen LogP contribution in [0.3, 0.4) is 0 Å². The summed E-state index contributed by atoms with van der Waals surface area (Å²) in [6.07, 6.45) is 0.997. The van der Waals surface area contributed by atoms with Crippen molar-refractivity contribution in [1.82, 2.24) is 9.47 Å². The Morgan fingerprint density at radius 1 is 1.00 bits per heavy atom. The van der Waals surface area contributed by atoms with Crippen molar-refractivity contribution >= 4 is 5.91 Å². The molecule has 172 valence electrons. The van der Waals surface area contributed by atoms with Crippen molar-refractivity contribution in [1.29, 1.82) is 5.26 Å². The number of nitrogens with zero attached hydrogens (tertiary/aromatic N) is 3. The molecular formula is C28H29N4O2+. The first-order valence-electron chi connectivity index (χ1n) is 11.8. The lowest BCUT2D eigenvalue weighted by molar-refractivity contribution is -0.872. The second-order valence-corrected chi connectivity index (χ2v) is 9.83. The molecule has 2 bridgehead atoms. The molecule has 1 saturated heterocycles. The number of likely N-dealkylation sites (tertiary alicyclic amines) is 1. The molecule has 1 amide bonds. The van der Waals surface area contributed by atoms with Crippen LogP contribution in [-0.4, -0.2) is 42.6 Å². The zero-order chi connectivity index (χ0) is 23.8. The molecule has 3 aromatic rings. The lowest BCUT2D eigenvalue weighted by Crippen LogP contribution is -3.04. The Labute approximate surface area is 199 Å². The van der Waals surface area contributed by atoms with Crippen molar-refractivity contribution in [3.63, 3.8) is 0 Å². The van der Waals surface area contributed by atoms with E-state index in [-0.39, 0.29) is 23.3 Å². The largest absolute Gasteiger partial charge is 0.338 e. The molecule has 6 heteroatoms. The maximum absolute atomic E-state index is 13.6. The van der Waals surface area contributed by atoms with Gasteiger partial charge in [0, 0.05) is 47.9 Å². The van der Waals surface area contributed by atoms with Crippen LogP contribution in [0.1, 0.15) is 39.5 Å². The molecule has 0 saturated carbocycles. The van der Waals surface area contributed by atoms with Crippen LogP contribution in [0.15, 0.2) is 65.5 Å². The van der Waals surface area contributed by atoms with E-state index in [9.17, 15) is 9.59 Å². The molecule has 1 aromatic heterocycles. The zero-order valence-corrected chi connectivity index (χ0v) is 19.6. The second kappa shape index (κ2) is 8.92. The molecule has 2 aromatic carbocycles. The van der Waals surface area contributed by atoms with Crippen LogP contribution >= 0.6 is 0 Å². The summed E-state index contributed by atoms with van der Waals surface area (Å²) in [4.78, 5) is 30.0. The molecule has 1 fully saturated rings.